The van der Waals surface area contributed by atoms with E-state index in [4.69, 9.17) is 0 Å². The van der Waals surface area contributed by atoms with Crippen LogP contribution in [0.5, 0.6) is 0 Å². The van der Waals surface area contributed by atoms with Crippen LogP contribution < -0.4 is 4.57 Å². The summed E-state index contributed by atoms with van der Waals surface area (Å²) in [4.78, 5) is 0. The molecule has 0 aliphatic heterocycles. The Kier molecular flexibility index (Phi) is 3.13. The molecule has 0 saturated heterocycles. The Labute approximate surface area is 91.0 Å². The molecule has 2 aromatic rings. The minimum absolute atomic E-state index is 1.05. The Morgan fingerprint density at radius 3 is 2.53 bits per heavy atom. The van der Waals surface area contributed by atoms with Gasteiger partial charge in [0.05, 0.1) is 0 Å². The quantitative estimate of drug-likeness (QED) is 0.667. The molecule has 76 valence electrons. The molecule has 1 aromatic carbocycles. The zero-order valence-electron chi connectivity index (χ0n) is 9.06. The van der Waals surface area contributed by atoms with Crippen LogP contribution in [0.2, 0.25) is 0 Å². The van der Waals surface area contributed by atoms with Crippen molar-refractivity contribution in [3.05, 3.63) is 66.0 Å². The molecule has 0 unspecified atom stereocenters. The van der Waals surface area contributed by atoms with E-state index in [-0.39, 0.29) is 0 Å². The van der Waals surface area contributed by atoms with E-state index < -0.39 is 0 Å². The summed E-state index contributed by atoms with van der Waals surface area (Å²) in [6.07, 6.45) is 5.31. The molecule has 0 aliphatic carbocycles. The predicted octanol–water partition coefficient (Wildman–Crippen LogP) is 2.53. The van der Waals surface area contributed by atoms with E-state index in [1.165, 1.54) is 11.1 Å². The first-order valence-electron chi connectivity index (χ1n) is 5.34. The van der Waals surface area contributed by atoms with Crippen molar-refractivity contribution in [1.82, 2.24) is 0 Å². The smallest absolute Gasteiger partial charge is 0.168 e. The molecule has 0 fully saturated rings. The average molecular weight is 198 g/mol. The van der Waals surface area contributed by atoms with E-state index in [1.54, 1.807) is 0 Å². The lowest BCUT2D eigenvalue weighted by Crippen LogP contribution is -2.33. The van der Waals surface area contributed by atoms with Crippen LogP contribution in [0.4, 0.5) is 0 Å². The van der Waals surface area contributed by atoms with Gasteiger partial charge >= 0.3 is 0 Å². The Balaban J connectivity index is 1.99. The summed E-state index contributed by atoms with van der Waals surface area (Å²) < 4.78 is 2.21. The van der Waals surface area contributed by atoms with Crippen molar-refractivity contribution in [2.24, 2.45) is 0 Å². The lowest BCUT2D eigenvalue weighted by molar-refractivity contribution is -0.696. The van der Waals surface area contributed by atoms with Gasteiger partial charge in [-0.1, -0.05) is 35.9 Å². The van der Waals surface area contributed by atoms with Crippen LogP contribution in [0, 0.1) is 6.92 Å². The van der Waals surface area contributed by atoms with Gasteiger partial charge in [0.1, 0.15) is 0 Å². The van der Waals surface area contributed by atoms with Crippen LogP contribution in [0.1, 0.15) is 11.1 Å². The molecular formula is C14H16N+. The summed E-state index contributed by atoms with van der Waals surface area (Å²) >= 11 is 0. The Hall–Kier alpha value is -1.63. The highest BCUT2D eigenvalue weighted by Gasteiger charge is 1.99. The molecule has 0 aliphatic rings. The van der Waals surface area contributed by atoms with Crippen molar-refractivity contribution in [2.75, 3.05) is 0 Å². The molecule has 1 nitrogen and oxygen atoms in total. The second kappa shape index (κ2) is 4.74. The largest absolute Gasteiger partial charge is 0.205 e. The van der Waals surface area contributed by atoms with Crippen molar-refractivity contribution >= 4 is 0 Å². The number of benzene rings is 1. The van der Waals surface area contributed by atoms with E-state index in [0.717, 1.165) is 13.0 Å². The van der Waals surface area contributed by atoms with Crippen LogP contribution in [0.15, 0.2) is 54.9 Å². The van der Waals surface area contributed by atoms with Crippen molar-refractivity contribution in [1.29, 1.82) is 0 Å². The predicted molar refractivity (Wildman–Crippen MR) is 61.5 cm³/mol. The fourth-order valence-electron chi connectivity index (χ4n) is 1.71. The first-order valence-corrected chi connectivity index (χ1v) is 5.34. The maximum absolute atomic E-state index is 2.25. The van der Waals surface area contributed by atoms with Gasteiger partial charge in [-0.2, -0.15) is 0 Å². The molecule has 0 spiro atoms. The van der Waals surface area contributed by atoms with Crippen LogP contribution in [-0.2, 0) is 13.0 Å². The van der Waals surface area contributed by atoms with Gasteiger partial charge in [0.25, 0.3) is 0 Å². The molecule has 2 rings (SSSR count). The van der Waals surface area contributed by atoms with Gasteiger partial charge < -0.3 is 0 Å². The SMILES string of the molecule is Cc1cccc(CC[n+]2ccccc2)c1. The molecule has 0 amide bonds. The van der Waals surface area contributed by atoms with Gasteiger partial charge in [0, 0.05) is 18.6 Å². The van der Waals surface area contributed by atoms with E-state index >= 15 is 0 Å². The topological polar surface area (TPSA) is 3.88 Å². The molecule has 15 heavy (non-hydrogen) atoms. The third-order valence-corrected chi connectivity index (χ3v) is 2.52. The monoisotopic (exact) mass is 198 g/mol. The molecular weight excluding hydrogens is 182 g/mol. The normalized spacial score (nSPS) is 10.2. The molecule has 1 heterocycles. The Morgan fingerprint density at radius 1 is 1.00 bits per heavy atom. The Bertz CT molecular complexity index is 420. The van der Waals surface area contributed by atoms with E-state index in [1.807, 2.05) is 6.07 Å². The van der Waals surface area contributed by atoms with E-state index in [2.05, 4.69) is 60.3 Å². The third kappa shape index (κ3) is 2.91. The van der Waals surface area contributed by atoms with Crippen LogP contribution >= 0.6 is 0 Å². The van der Waals surface area contributed by atoms with Gasteiger partial charge in [-0.25, -0.2) is 4.57 Å². The highest BCUT2D eigenvalue weighted by Crippen LogP contribution is 2.04. The molecule has 0 bridgehead atoms. The molecule has 1 aromatic heterocycles. The van der Waals surface area contributed by atoms with E-state index in [0.29, 0.717) is 0 Å². The molecule has 0 saturated carbocycles. The molecule has 0 radical (unpaired) electrons. The van der Waals surface area contributed by atoms with Crippen LogP contribution in [0.25, 0.3) is 0 Å². The minimum Gasteiger partial charge on any atom is -0.205 e. The molecule has 1 heteroatoms. The standard InChI is InChI=1S/C14H16N/c1-13-6-5-7-14(12-13)8-11-15-9-3-2-4-10-15/h2-7,9-10,12H,8,11H2,1H3/q+1. The first kappa shape index (κ1) is 9.91. The maximum atomic E-state index is 2.25. The van der Waals surface area contributed by atoms with Gasteiger partial charge in [-0.05, 0) is 12.5 Å². The van der Waals surface area contributed by atoms with Crippen molar-refractivity contribution in [3.8, 4) is 0 Å². The summed E-state index contributed by atoms with van der Waals surface area (Å²) in [5.41, 5.74) is 2.75. The zero-order valence-corrected chi connectivity index (χ0v) is 9.06. The highest BCUT2D eigenvalue weighted by atomic mass is 14.9. The second-order valence-corrected chi connectivity index (χ2v) is 3.85. The molecule has 0 N–H and O–H groups in total. The first-order chi connectivity index (χ1) is 7.34. The minimum atomic E-state index is 1.05. The van der Waals surface area contributed by atoms with Gasteiger partial charge in [-0.3, -0.25) is 0 Å². The van der Waals surface area contributed by atoms with Crippen molar-refractivity contribution in [3.63, 3.8) is 0 Å². The maximum Gasteiger partial charge on any atom is 0.168 e. The molecule has 0 atom stereocenters. The van der Waals surface area contributed by atoms with Gasteiger partial charge in [-0.15, -0.1) is 0 Å². The fraction of sp³-hybridized carbons (Fsp3) is 0.214. The highest BCUT2D eigenvalue weighted by molar-refractivity contribution is 5.21. The summed E-state index contributed by atoms with van der Waals surface area (Å²) in [6, 6.07) is 14.9. The fourth-order valence-corrected chi connectivity index (χ4v) is 1.71. The number of hydrogen-bond acceptors (Lipinski definition) is 0. The number of rotatable bonds is 3. The third-order valence-electron chi connectivity index (χ3n) is 2.52. The summed E-state index contributed by atoms with van der Waals surface area (Å²) in [6.45, 7) is 3.18. The van der Waals surface area contributed by atoms with Gasteiger partial charge in [0.2, 0.25) is 0 Å². The summed E-state index contributed by atoms with van der Waals surface area (Å²) in [7, 11) is 0. The summed E-state index contributed by atoms with van der Waals surface area (Å²) in [5, 5.41) is 0. The number of aryl methyl sites for hydroxylation is 3. The lowest BCUT2D eigenvalue weighted by Gasteiger charge is -1.99. The zero-order chi connectivity index (χ0) is 10.5. The van der Waals surface area contributed by atoms with Crippen LogP contribution in [0.3, 0.4) is 0 Å². The van der Waals surface area contributed by atoms with E-state index in [9.17, 15) is 0 Å². The number of hydrogen-bond donors (Lipinski definition) is 0. The van der Waals surface area contributed by atoms with Crippen LogP contribution in [-0.4, -0.2) is 0 Å². The average Bonchev–Trinajstić information content (AvgIpc) is 2.28. The second-order valence-electron chi connectivity index (χ2n) is 3.85. The Morgan fingerprint density at radius 2 is 1.80 bits per heavy atom. The lowest BCUT2D eigenvalue weighted by atomic mass is 10.1. The van der Waals surface area contributed by atoms with Crippen molar-refractivity contribution in [2.45, 2.75) is 19.9 Å². The number of nitrogens with zero attached hydrogens (tertiary/aromatic N) is 1. The summed E-state index contributed by atoms with van der Waals surface area (Å²) in [5.74, 6) is 0. The number of aromatic nitrogens is 1. The van der Waals surface area contributed by atoms with Gasteiger partial charge in [0.15, 0.2) is 18.9 Å². The van der Waals surface area contributed by atoms with Crippen molar-refractivity contribution < 1.29 is 4.57 Å². The number of pyridine rings is 1.